The zero-order valence-corrected chi connectivity index (χ0v) is 16.5. The molecule has 0 saturated carbocycles. The molecule has 0 spiro atoms. The fourth-order valence-electron chi connectivity index (χ4n) is 2.86. The molecule has 1 heterocycles. The van der Waals surface area contributed by atoms with Gasteiger partial charge >= 0.3 is 0 Å². The van der Waals surface area contributed by atoms with E-state index in [1.165, 1.54) is 24.5 Å². The Kier molecular flexibility index (Phi) is 5.97. The van der Waals surface area contributed by atoms with Crippen molar-refractivity contribution in [3.8, 4) is 5.75 Å². The molecule has 1 aliphatic heterocycles. The van der Waals surface area contributed by atoms with Crippen LogP contribution in [0.25, 0.3) is 0 Å². The van der Waals surface area contributed by atoms with Crippen LogP contribution in [0.3, 0.4) is 0 Å². The second-order valence-corrected chi connectivity index (χ2v) is 8.71. The van der Waals surface area contributed by atoms with Crippen LogP contribution in [0.4, 0.5) is 4.39 Å². The number of carbonyl (C=O) groups is 1. The Balaban J connectivity index is 1.77. The van der Waals surface area contributed by atoms with Crippen LogP contribution in [0.2, 0.25) is 0 Å². The predicted octanol–water partition coefficient (Wildman–Crippen LogP) is 1.76. The lowest BCUT2D eigenvalue weighted by molar-refractivity contribution is 0.0950. The average Bonchev–Trinajstić information content (AvgIpc) is 2.89. The Morgan fingerprint density at radius 3 is 2.71 bits per heavy atom. The molecule has 2 aromatic rings. The van der Waals surface area contributed by atoms with Crippen molar-refractivity contribution in [1.29, 1.82) is 0 Å². The van der Waals surface area contributed by atoms with Crippen molar-refractivity contribution in [2.24, 2.45) is 0 Å². The van der Waals surface area contributed by atoms with Crippen molar-refractivity contribution in [3.05, 3.63) is 65.0 Å². The van der Waals surface area contributed by atoms with E-state index >= 15 is 0 Å². The van der Waals surface area contributed by atoms with Crippen LogP contribution in [-0.2, 0) is 23.3 Å². The molecular weight excluding hydrogens is 385 g/mol. The molecule has 1 aliphatic rings. The molecule has 0 radical (unpaired) electrons. The SMILES string of the molecule is CN(C)S(=O)(=O)N1CCOc2ccc(C(=O)NCc3ccccc3F)cc2C1. The van der Waals surface area contributed by atoms with Gasteiger partial charge < -0.3 is 10.1 Å². The molecule has 7 nitrogen and oxygen atoms in total. The van der Waals surface area contributed by atoms with E-state index in [1.807, 2.05) is 0 Å². The Morgan fingerprint density at radius 1 is 1.25 bits per heavy atom. The number of nitrogens with one attached hydrogen (secondary N) is 1. The van der Waals surface area contributed by atoms with Gasteiger partial charge in [0.2, 0.25) is 0 Å². The molecule has 0 saturated heterocycles. The number of carbonyl (C=O) groups excluding carboxylic acids is 1. The minimum atomic E-state index is -3.61. The highest BCUT2D eigenvalue weighted by molar-refractivity contribution is 7.86. The summed E-state index contributed by atoms with van der Waals surface area (Å²) < 4.78 is 46.7. The Hall–Kier alpha value is -2.49. The Labute approximate surface area is 163 Å². The van der Waals surface area contributed by atoms with E-state index in [4.69, 9.17) is 4.74 Å². The molecule has 3 rings (SSSR count). The molecule has 1 N–H and O–H groups in total. The van der Waals surface area contributed by atoms with E-state index in [2.05, 4.69) is 5.32 Å². The molecule has 0 unspecified atom stereocenters. The third kappa shape index (κ3) is 4.32. The lowest BCUT2D eigenvalue weighted by Gasteiger charge is -2.23. The molecule has 0 bridgehead atoms. The fourth-order valence-corrected chi connectivity index (χ4v) is 3.93. The average molecular weight is 407 g/mol. The van der Waals surface area contributed by atoms with Crippen molar-refractivity contribution in [2.75, 3.05) is 27.2 Å². The summed E-state index contributed by atoms with van der Waals surface area (Å²) >= 11 is 0. The predicted molar refractivity (Wildman–Crippen MR) is 103 cm³/mol. The molecule has 0 aliphatic carbocycles. The lowest BCUT2D eigenvalue weighted by Crippen LogP contribution is -2.40. The van der Waals surface area contributed by atoms with Gasteiger partial charge in [-0.05, 0) is 24.3 Å². The van der Waals surface area contributed by atoms with Crippen molar-refractivity contribution in [3.63, 3.8) is 0 Å². The first-order valence-electron chi connectivity index (χ1n) is 8.74. The summed E-state index contributed by atoms with van der Waals surface area (Å²) in [6.45, 7) is 0.591. The summed E-state index contributed by atoms with van der Waals surface area (Å²) in [6.07, 6.45) is 0. The van der Waals surface area contributed by atoms with E-state index in [9.17, 15) is 17.6 Å². The highest BCUT2D eigenvalue weighted by Crippen LogP contribution is 2.26. The number of nitrogens with zero attached hydrogens (tertiary/aromatic N) is 2. The number of amides is 1. The van der Waals surface area contributed by atoms with Crippen LogP contribution in [0.1, 0.15) is 21.5 Å². The van der Waals surface area contributed by atoms with Crippen LogP contribution >= 0.6 is 0 Å². The first-order valence-corrected chi connectivity index (χ1v) is 10.1. The van der Waals surface area contributed by atoms with E-state index in [-0.39, 0.29) is 38.0 Å². The number of halogens is 1. The van der Waals surface area contributed by atoms with Gasteiger partial charge in [-0.1, -0.05) is 18.2 Å². The van der Waals surface area contributed by atoms with Crippen LogP contribution in [-0.4, -0.2) is 50.2 Å². The van der Waals surface area contributed by atoms with E-state index < -0.39 is 10.2 Å². The van der Waals surface area contributed by atoms with Gasteiger partial charge in [0.1, 0.15) is 18.2 Å². The number of ether oxygens (including phenoxy) is 1. The maximum absolute atomic E-state index is 13.7. The standard InChI is InChI=1S/C19H22FN3O4S/c1-22(2)28(25,26)23-9-10-27-18-8-7-14(11-16(18)13-23)19(24)21-12-15-5-3-4-6-17(15)20/h3-8,11H,9-10,12-13H2,1-2H3,(H,21,24). The van der Waals surface area contributed by atoms with Crippen LogP contribution < -0.4 is 10.1 Å². The number of hydrogen-bond donors (Lipinski definition) is 1. The van der Waals surface area contributed by atoms with E-state index in [0.29, 0.717) is 22.4 Å². The summed E-state index contributed by atoms with van der Waals surface area (Å²) in [5.41, 5.74) is 1.33. The third-order valence-corrected chi connectivity index (χ3v) is 6.34. The van der Waals surface area contributed by atoms with Gasteiger partial charge in [0.15, 0.2) is 0 Å². The summed E-state index contributed by atoms with van der Waals surface area (Å²) in [6, 6.07) is 11.1. The van der Waals surface area contributed by atoms with Crippen molar-refractivity contribution in [1.82, 2.24) is 13.9 Å². The zero-order chi connectivity index (χ0) is 20.3. The number of rotatable bonds is 5. The highest BCUT2D eigenvalue weighted by atomic mass is 32.2. The molecule has 28 heavy (non-hydrogen) atoms. The summed E-state index contributed by atoms with van der Waals surface area (Å²) in [4.78, 5) is 12.5. The summed E-state index contributed by atoms with van der Waals surface area (Å²) in [7, 11) is -0.672. The second-order valence-electron chi connectivity index (χ2n) is 6.57. The smallest absolute Gasteiger partial charge is 0.281 e. The van der Waals surface area contributed by atoms with Crippen molar-refractivity contribution < 1.29 is 22.3 Å². The Morgan fingerprint density at radius 2 is 2.00 bits per heavy atom. The fraction of sp³-hybridized carbons (Fsp3) is 0.316. The highest BCUT2D eigenvalue weighted by Gasteiger charge is 2.28. The quantitative estimate of drug-likeness (QED) is 0.819. The number of hydrogen-bond acceptors (Lipinski definition) is 4. The third-order valence-electron chi connectivity index (χ3n) is 4.45. The number of benzene rings is 2. The normalized spacial score (nSPS) is 14.9. The first-order chi connectivity index (χ1) is 13.3. The molecular formula is C19H22FN3O4S. The maximum Gasteiger partial charge on any atom is 0.281 e. The van der Waals surface area contributed by atoms with Gasteiger partial charge in [-0.2, -0.15) is 17.0 Å². The van der Waals surface area contributed by atoms with Crippen LogP contribution in [0.15, 0.2) is 42.5 Å². The lowest BCUT2D eigenvalue weighted by atomic mass is 10.1. The van der Waals surface area contributed by atoms with Gasteiger partial charge in [-0.3, -0.25) is 4.79 Å². The monoisotopic (exact) mass is 407 g/mol. The second kappa shape index (κ2) is 8.26. The molecule has 9 heteroatoms. The minimum Gasteiger partial charge on any atom is -0.492 e. The van der Waals surface area contributed by atoms with Gasteiger partial charge in [-0.25, -0.2) is 4.39 Å². The van der Waals surface area contributed by atoms with Crippen molar-refractivity contribution in [2.45, 2.75) is 13.1 Å². The van der Waals surface area contributed by atoms with Crippen LogP contribution in [0.5, 0.6) is 5.75 Å². The van der Waals surface area contributed by atoms with Crippen molar-refractivity contribution >= 4 is 16.1 Å². The summed E-state index contributed by atoms with van der Waals surface area (Å²) in [5.74, 6) is -0.220. The van der Waals surface area contributed by atoms with Gasteiger partial charge in [0, 0.05) is 50.4 Å². The largest absolute Gasteiger partial charge is 0.492 e. The molecule has 0 aromatic heterocycles. The molecule has 2 aromatic carbocycles. The maximum atomic E-state index is 13.7. The van der Waals surface area contributed by atoms with E-state index in [0.717, 1.165) is 4.31 Å². The topological polar surface area (TPSA) is 79.0 Å². The molecule has 1 amide bonds. The number of fused-ring (bicyclic) bond motifs is 1. The summed E-state index contributed by atoms with van der Waals surface area (Å²) in [5, 5.41) is 2.68. The Bertz CT molecular complexity index is 979. The van der Waals surface area contributed by atoms with Crippen LogP contribution in [0, 0.1) is 5.82 Å². The van der Waals surface area contributed by atoms with Gasteiger partial charge in [0.05, 0.1) is 0 Å². The molecule has 150 valence electrons. The zero-order valence-electron chi connectivity index (χ0n) is 15.7. The minimum absolute atomic E-state index is 0.0558. The first kappa shape index (κ1) is 20.2. The van der Waals surface area contributed by atoms with Gasteiger partial charge in [0.25, 0.3) is 16.1 Å². The molecule has 0 fully saturated rings. The van der Waals surface area contributed by atoms with E-state index in [1.54, 1.807) is 36.4 Å². The molecule has 0 atom stereocenters. The van der Waals surface area contributed by atoms with Gasteiger partial charge in [-0.15, -0.1) is 0 Å².